The van der Waals surface area contributed by atoms with Crippen LogP contribution in [0.25, 0.3) is 0 Å². The van der Waals surface area contributed by atoms with Crippen LogP contribution >= 0.6 is 11.5 Å². The highest BCUT2D eigenvalue weighted by molar-refractivity contribution is 7.07. The van der Waals surface area contributed by atoms with Crippen molar-refractivity contribution in [3.05, 3.63) is 17.4 Å². The zero-order valence-corrected chi connectivity index (χ0v) is 7.08. The monoisotopic (exact) mass is 196 g/mol. The van der Waals surface area contributed by atoms with Gasteiger partial charge in [-0.1, -0.05) is 4.49 Å². The molecule has 2 aromatic heterocycles. The zero-order chi connectivity index (χ0) is 9.10. The lowest BCUT2D eigenvalue weighted by atomic mass is 10.5. The number of carbonyl (C=O) groups excluding carboxylic acids is 1. The van der Waals surface area contributed by atoms with E-state index in [9.17, 15) is 4.79 Å². The summed E-state index contributed by atoms with van der Waals surface area (Å²) in [5.74, 6) is 0.00477. The highest BCUT2D eigenvalue weighted by Crippen LogP contribution is 2.04. The van der Waals surface area contributed by atoms with E-state index >= 15 is 0 Å². The summed E-state index contributed by atoms with van der Waals surface area (Å²) >= 11 is 1.02. The Morgan fingerprint density at radius 1 is 1.62 bits per heavy atom. The molecule has 0 aliphatic rings. The van der Waals surface area contributed by atoms with Crippen LogP contribution in [-0.2, 0) is 0 Å². The second kappa shape index (κ2) is 3.27. The number of aromatic amines is 1. The normalized spacial score (nSPS) is 9.85. The third-order valence-corrected chi connectivity index (χ3v) is 1.90. The predicted molar refractivity (Wildman–Crippen MR) is 44.2 cm³/mol. The molecule has 0 fully saturated rings. The number of hydrogen-bond acceptors (Lipinski definition) is 6. The number of nitrogens with one attached hydrogen (secondary N) is 2. The summed E-state index contributed by atoms with van der Waals surface area (Å²) in [5.41, 5.74) is 0. The molecule has 0 aliphatic heterocycles. The molecule has 0 radical (unpaired) electrons. The molecule has 8 heteroatoms. The SMILES string of the molecule is O=C(Nc1ncn[nH]1)c1cnns1. The van der Waals surface area contributed by atoms with Crippen molar-refractivity contribution < 1.29 is 4.79 Å². The standard InChI is InChI=1S/C5H4N6OS/c12-4(3-1-7-11-13-3)9-5-6-2-8-10-5/h1-2H,(H2,6,8,9,10,12). The third kappa shape index (κ3) is 1.67. The fourth-order valence-electron chi connectivity index (χ4n) is 0.702. The zero-order valence-electron chi connectivity index (χ0n) is 6.26. The van der Waals surface area contributed by atoms with Gasteiger partial charge in [0.25, 0.3) is 5.91 Å². The van der Waals surface area contributed by atoms with Gasteiger partial charge in [0.05, 0.1) is 6.20 Å². The first kappa shape index (κ1) is 7.80. The fourth-order valence-corrected chi connectivity index (χ4v) is 1.11. The lowest BCUT2D eigenvalue weighted by Gasteiger charge is -1.94. The van der Waals surface area contributed by atoms with Gasteiger partial charge in [0, 0.05) is 0 Å². The Kier molecular flexibility index (Phi) is 1.96. The van der Waals surface area contributed by atoms with E-state index in [1.807, 2.05) is 0 Å². The summed E-state index contributed by atoms with van der Waals surface area (Å²) in [6, 6.07) is 0. The van der Waals surface area contributed by atoms with Gasteiger partial charge in [-0.25, -0.2) is 5.10 Å². The minimum atomic E-state index is -0.299. The first-order chi connectivity index (χ1) is 6.36. The maximum absolute atomic E-state index is 11.3. The molecule has 66 valence electrons. The second-order valence-corrected chi connectivity index (χ2v) is 2.86. The molecule has 0 saturated carbocycles. The van der Waals surface area contributed by atoms with Gasteiger partial charge in [-0.2, -0.15) is 10.1 Å². The van der Waals surface area contributed by atoms with Crippen molar-refractivity contribution in [2.45, 2.75) is 0 Å². The van der Waals surface area contributed by atoms with Gasteiger partial charge < -0.3 is 0 Å². The molecule has 7 nitrogen and oxygen atoms in total. The Hall–Kier alpha value is -1.83. The Morgan fingerprint density at radius 3 is 3.15 bits per heavy atom. The van der Waals surface area contributed by atoms with Crippen molar-refractivity contribution in [3.63, 3.8) is 0 Å². The number of hydrogen-bond donors (Lipinski definition) is 2. The number of H-pyrrole nitrogens is 1. The molecule has 0 bridgehead atoms. The Morgan fingerprint density at radius 2 is 2.54 bits per heavy atom. The lowest BCUT2D eigenvalue weighted by Crippen LogP contribution is -2.11. The van der Waals surface area contributed by atoms with Crippen molar-refractivity contribution >= 4 is 23.4 Å². The summed E-state index contributed by atoms with van der Waals surface area (Å²) in [7, 11) is 0. The molecule has 0 unspecified atom stereocenters. The molecule has 0 aliphatic carbocycles. The highest BCUT2D eigenvalue weighted by atomic mass is 32.1. The van der Waals surface area contributed by atoms with E-state index in [2.05, 4.69) is 30.1 Å². The number of rotatable bonds is 2. The van der Waals surface area contributed by atoms with Crippen molar-refractivity contribution in [3.8, 4) is 0 Å². The van der Waals surface area contributed by atoms with Gasteiger partial charge in [-0.3, -0.25) is 10.1 Å². The van der Waals surface area contributed by atoms with E-state index < -0.39 is 0 Å². The molecule has 13 heavy (non-hydrogen) atoms. The number of carbonyl (C=O) groups is 1. The summed E-state index contributed by atoms with van der Waals surface area (Å²) in [4.78, 5) is 15.5. The Bertz CT molecular complexity index is 381. The van der Waals surface area contributed by atoms with E-state index in [1.54, 1.807) is 0 Å². The summed E-state index contributed by atoms with van der Waals surface area (Å²) < 4.78 is 3.56. The maximum atomic E-state index is 11.3. The predicted octanol–water partition coefficient (Wildman–Crippen LogP) is -0.0915. The molecule has 2 rings (SSSR count). The summed E-state index contributed by atoms with van der Waals surface area (Å²) in [6.45, 7) is 0. The van der Waals surface area contributed by atoms with Gasteiger partial charge in [0.2, 0.25) is 5.95 Å². The first-order valence-corrected chi connectivity index (χ1v) is 4.07. The summed E-state index contributed by atoms with van der Waals surface area (Å²) in [5, 5.41) is 12.1. The number of anilines is 1. The third-order valence-electron chi connectivity index (χ3n) is 1.23. The van der Waals surface area contributed by atoms with Gasteiger partial charge in [0.15, 0.2) is 0 Å². The first-order valence-electron chi connectivity index (χ1n) is 3.30. The van der Waals surface area contributed by atoms with Gasteiger partial charge >= 0.3 is 0 Å². The fraction of sp³-hybridized carbons (Fsp3) is 0. The molecule has 1 amide bonds. The molecule has 0 atom stereocenters. The van der Waals surface area contributed by atoms with Crippen molar-refractivity contribution in [2.24, 2.45) is 0 Å². The number of aromatic nitrogens is 5. The van der Waals surface area contributed by atoms with Crippen LogP contribution in [0.1, 0.15) is 9.67 Å². The van der Waals surface area contributed by atoms with Crippen LogP contribution in [0.2, 0.25) is 0 Å². The van der Waals surface area contributed by atoms with Crippen LogP contribution in [0, 0.1) is 0 Å². The Labute approximate surface area is 76.4 Å². The average molecular weight is 196 g/mol. The van der Waals surface area contributed by atoms with E-state index in [0.717, 1.165) is 11.5 Å². The minimum Gasteiger partial charge on any atom is -0.290 e. The molecule has 0 spiro atoms. The summed E-state index contributed by atoms with van der Waals surface area (Å²) in [6.07, 6.45) is 2.69. The van der Waals surface area contributed by atoms with E-state index in [1.165, 1.54) is 12.5 Å². The van der Waals surface area contributed by atoms with Crippen LogP contribution in [-0.4, -0.2) is 30.7 Å². The van der Waals surface area contributed by atoms with Crippen LogP contribution in [0.4, 0.5) is 5.95 Å². The topological polar surface area (TPSA) is 96.5 Å². The number of nitrogens with zero attached hydrogens (tertiary/aromatic N) is 4. The quantitative estimate of drug-likeness (QED) is 0.699. The van der Waals surface area contributed by atoms with Crippen LogP contribution in [0.3, 0.4) is 0 Å². The molecular weight excluding hydrogens is 192 g/mol. The molecular formula is C5H4N6OS. The lowest BCUT2D eigenvalue weighted by molar-refractivity contribution is 0.102. The van der Waals surface area contributed by atoms with Gasteiger partial charge in [0.1, 0.15) is 11.2 Å². The smallest absolute Gasteiger partial charge is 0.271 e. The molecule has 2 N–H and O–H groups in total. The highest BCUT2D eigenvalue weighted by Gasteiger charge is 2.09. The maximum Gasteiger partial charge on any atom is 0.271 e. The molecule has 2 aromatic rings. The molecule has 0 aromatic carbocycles. The van der Waals surface area contributed by atoms with E-state index in [-0.39, 0.29) is 5.91 Å². The molecule has 0 saturated heterocycles. The Balaban J connectivity index is 2.08. The van der Waals surface area contributed by atoms with E-state index in [4.69, 9.17) is 0 Å². The largest absolute Gasteiger partial charge is 0.290 e. The second-order valence-electron chi connectivity index (χ2n) is 2.07. The average Bonchev–Trinajstić information content (AvgIpc) is 2.74. The van der Waals surface area contributed by atoms with Gasteiger partial charge in [-0.05, 0) is 11.5 Å². The van der Waals surface area contributed by atoms with Crippen molar-refractivity contribution in [1.29, 1.82) is 0 Å². The minimum absolute atomic E-state index is 0.299. The van der Waals surface area contributed by atoms with Crippen molar-refractivity contribution in [1.82, 2.24) is 24.8 Å². The van der Waals surface area contributed by atoms with Crippen molar-refractivity contribution in [2.75, 3.05) is 5.32 Å². The van der Waals surface area contributed by atoms with E-state index in [0.29, 0.717) is 10.8 Å². The van der Waals surface area contributed by atoms with Crippen LogP contribution in [0.5, 0.6) is 0 Å². The van der Waals surface area contributed by atoms with Crippen LogP contribution < -0.4 is 5.32 Å². The van der Waals surface area contributed by atoms with Gasteiger partial charge in [-0.15, -0.1) is 5.10 Å². The molecule has 2 heterocycles. The van der Waals surface area contributed by atoms with Crippen LogP contribution in [0.15, 0.2) is 12.5 Å². The number of amides is 1.